The molecule has 25 heteroatoms. The molecule has 3 aromatic heterocycles. The number of phosphoric ester groups is 1. The Morgan fingerprint density at radius 2 is 1.95 bits per heavy atom. The van der Waals surface area contributed by atoms with Gasteiger partial charge in [-0.15, -0.1) is 11.3 Å². The first-order valence-electron chi connectivity index (χ1n) is 11.7. The van der Waals surface area contributed by atoms with E-state index in [1.807, 2.05) is 18.4 Å². The summed E-state index contributed by atoms with van der Waals surface area (Å²) in [7, 11) is -17.9. The van der Waals surface area contributed by atoms with E-state index in [1.165, 1.54) is 22.2 Å². The van der Waals surface area contributed by atoms with Crippen molar-refractivity contribution in [1.82, 2.24) is 24.8 Å². The summed E-state index contributed by atoms with van der Waals surface area (Å²) >= 11 is 6.61. The molecule has 8 atom stereocenters. The molecule has 0 saturated carbocycles. The van der Waals surface area contributed by atoms with Crippen LogP contribution in [0.1, 0.15) is 16.7 Å². The minimum atomic E-state index is -6.13. The number of ether oxygens (including phenoxy) is 3. The molecule has 2 aliphatic heterocycles. The molecule has 0 bridgehead atoms. The number of hydrogen-bond acceptors (Lipinski definition) is 18. The number of nitrogens with two attached hydrogens (primary N) is 1. The summed E-state index contributed by atoms with van der Waals surface area (Å²) in [5.41, 5.74) is 7.21. The van der Waals surface area contributed by atoms with Gasteiger partial charge in [-0.2, -0.15) is 0 Å². The van der Waals surface area contributed by atoms with Crippen molar-refractivity contribution in [2.24, 2.45) is 0 Å². The molecule has 0 radical (unpaired) electrons. The van der Waals surface area contributed by atoms with E-state index >= 15 is 0 Å². The van der Waals surface area contributed by atoms with Crippen molar-refractivity contribution in [1.29, 1.82) is 0 Å². The third-order valence-corrected chi connectivity index (χ3v) is 11.0. The molecule has 2 aliphatic rings. The average Bonchev–Trinajstić information content (AvgIpc) is 3.63. The first-order chi connectivity index (χ1) is 20.0. The van der Waals surface area contributed by atoms with Gasteiger partial charge >= 0.3 is 0 Å². The Balaban J connectivity index is 1.36. The summed E-state index contributed by atoms with van der Waals surface area (Å²) in [5.74, 6) is -0.713. The fourth-order valence-corrected chi connectivity index (χ4v) is 8.24. The first-order valence-corrected chi connectivity index (χ1v) is 17.4. The summed E-state index contributed by atoms with van der Waals surface area (Å²) in [5, 5.41) is 4.55. The van der Waals surface area contributed by atoms with E-state index in [4.69, 9.17) is 37.1 Å². The summed E-state index contributed by atoms with van der Waals surface area (Å²) in [6, 6.07) is 1.88. The number of fused-ring (bicyclic) bond motifs is 2. The maximum absolute atomic E-state index is 12.9. The number of H-pyrrole nitrogens is 1. The van der Waals surface area contributed by atoms with Crippen molar-refractivity contribution in [3.8, 4) is 0 Å². The molecular formula is C18H20N6O14P3S2-3. The molecule has 2 fully saturated rings. The fourth-order valence-electron chi connectivity index (χ4n) is 4.25. The second-order valence-electron chi connectivity index (χ2n) is 8.94. The molecule has 7 unspecified atom stereocenters. The van der Waals surface area contributed by atoms with E-state index in [-0.39, 0.29) is 28.3 Å². The minimum Gasteiger partial charge on any atom is -0.756 e. The molecule has 0 aliphatic carbocycles. The number of carbonyl (C=O) groups is 1. The molecule has 236 valence electrons. The Morgan fingerprint density at radius 3 is 2.63 bits per heavy atom. The number of nitrogens with one attached hydrogen (secondary N) is 2. The maximum Gasteiger partial charge on any atom is 0.280 e. The predicted octanol–water partition coefficient (Wildman–Crippen LogP) is -0.788. The molecule has 5 rings (SSSR count). The normalized spacial score (nSPS) is 27.8. The number of hydrogen-bond donors (Lipinski definition) is 4. The van der Waals surface area contributed by atoms with Crippen LogP contribution in [-0.2, 0) is 52.4 Å². The van der Waals surface area contributed by atoms with Gasteiger partial charge in [0.25, 0.3) is 29.4 Å². The number of amides is 1. The number of carbonyl (C=O) groups excluding carboxylic acids is 1. The third kappa shape index (κ3) is 7.47. The Hall–Kier alpha value is -1.97. The predicted molar refractivity (Wildman–Crippen MR) is 139 cm³/mol. The Bertz CT molecular complexity index is 1740. The summed E-state index contributed by atoms with van der Waals surface area (Å²) in [4.78, 5) is 67.6. The highest BCUT2D eigenvalue weighted by atomic mass is 32.1. The summed E-state index contributed by atoms with van der Waals surface area (Å²) < 4.78 is 64.9. The molecule has 5 N–H and O–H groups in total. The molecule has 20 nitrogen and oxygen atoms in total. The van der Waals surface area contributed by atoms with Crippen LogP contribution in [0, 0.1) is 11.6 Å². The highest BCUT2D eigenvalue weighted by Gasteiger charge is 2.55. The largest absolute Gasteiger partial charge is 0.756 e. The second-order valence-corrected chi connectivity index (χ2v) is 14.6. The number of anilines is 1. The van der Waals surface area contributed by atoms with Gasteiger partial charge in [-0.25, -0.2) is 18.6 Å². The van der Waals surface area contributed by atoms with Crippen LogP contribution in [0.3, 0.4) is 0 Å². The molecule has 43 heavy (non-hydrogen) atoms. The van der Waals surface area contributed by atoms with Crippen LogP contribution in [0.5, 0.6) is 0 Å². The molecule has 1 amide bonds. The van der Waals surface area contributed by atoms with Crippen LogP contribution in [0.4, 0.5) is 5.95 Å². The zero-order valence-electron chi connectivity index (χ0n) is 21.4. The first kappa shape index (κ1) is 32.4. The van der Waals surface area contributed by atoms with E-state index in [1.54, 1.807) is 0 Å². The monoisotopic (exact) mass is 701 g/mol. The van der Waals surface area contributed by atoms with Gasteiger partial charge in [0.2, 0.25) is 6.29 Å². The van der Waals surface area contributed by atoms with Gasteiger partial charge in [0, 0.05) is 4.88 Å². The minimum absolute atomic E-state index is 0.0578. The smallest absolute Gasteiger partial charge is 0.280 e. The topological polar surface area (TPSA) is 298 Å². The number of nitrogen functional groups attached to an aromatic ring is 1. The van der Waals surface area contributed by atoms with Crippen LogP contribution in [0.2, 0.25) is 0 Å². The highest BCUT2D eigenvalue weighted by Crippen LogP contribution is 2.61. The zero-order chi connectivity index (χ0) is 31.3. The van der Waals surface area contributed by atoms with Gasteiger partial charge < -0.3 is 54.3 Å². The zero-order valence-corrected chi connectivity index (χ0v) is 25.7. The lowest BCUT2D eigenvalue weighted by molar-refractivity contribution is -0.250. The summed E-state index contributed by atoms with van der Waals surface area (Å²) in [6.45, 7) is 1.09. The average molecular weight is 701 g/mol. The van der Waals surface area contributed by atoms with Gasteiger partial charge in [-0.1, -0.05) is 12.2 Å². The van der Waals surface area contributed by atoms with Crippen LogP contribution in [0.25, 0.3) is 11.2 Å². The molecule has 0 spiro atoms. The van der Waals surface area contributed by atoms with Gasteiger partial charge in [0.15, 0.2) is 16.8 Å². The van der Waals surface area contributed by atoms with E-state index < -0.39 is 66.8 Å². The number of imidazole rings is 1. The van der Waals surface area contributed by atoms with Crippen molar-refractivity contribution in [2.45, 2.75) is 44.3 Å². The van der Waals surface area contributed by atoms with Crippen LogP contribution in [-0.4, -0.2) is 61.5 Å². The third-order valence-electron chi connectivity index (χ3n) is 5.99. The van der Waals surface area contributed by atoms with Crippen LogP contribution >= 0.6 is 47.0 Å². The SMILES string of the molecule is Cc1ccsc1CNC(=O)[C@@H]1OC2C(COP(=O)([O-])OP(=O)([O-])OP(=O)([O-])O)OC(n3cnc4c(=S)nc(N)[nH]c43)C2O1. The Kier molecular flexibility index (Phi) is 9.11. The summed E-state index contributed by atoms with van der Waals surface area (Å²) in [6.07, 6.45) is -4.97. The van der Waals surface area contributed by atoms with Gasteiger partial charge in [0.1, 0.15) is 29.5 Å². The fraction of sp³-hybridized carbons (Fsp3) is 0.444. The van der Waals surface area contributed by atoms with Gasteiger partial charge in [-0.05, 0) is 23.9 Å². The number of aromatic amines is 1. The number of aromatic nitrogens is 4. The van der Waals surface area contributed by atoms with Crippen molar-refractivity contribution >= 4 is 70.0 Å². The number of thiophene rings is 1. The lowest BCUT2D eigenvalue weighted by Crippen LogP contribution is -2.37. The standard InChI is InChI=1S/C18H23N6O14P3S2/c1-7-2-3-43-9(7)4-20-14(25)17-35-11-8(5-33-40(29,30)38-41(31,32)37-39(26,27)28)34-16(12(11)36-17)24-6-21-10-13(24)22-18(19)23-15(10)42/h2-3,6,8,11-12,16-17H,4-5H2,1H3,(H,20,25)(H,29,30)(H,31,32)(H2,26,27,28)(H3,19,22,23,42)/p-3/t8?,11?,12?,16?,17-/m1/s1. The highest BCUT2D eigenvalue weighted by molar-refractivity contribution is 7.71. The van der Waals surface area contributed by atoms with Crippen LogP contribution in [0.15, 0.2) is 17.8 Å². The van der Waals surface area contributed by atoms with Crippen molar-refractivity contribution < 1.29 is 65.4 Å². The molecule has 3 aromatic rings. The number of phosphoric acid groups is 3. The van der Waals surface area contributed by atoms with Crippen molar-refractivity contribution in [3.05, 3.63) is 32.9 Å². The molecule has 0 aromatic carbocycles. The molecule has 5 heterocycles. The molecule has 2 saturated heterocycles. The van der Waals surface area contributed by atoms with Crippen molar-refractivity contribution in [3.63, 3.8) is 0 Å². The number of nitrogens with zero attached hydrogens (tertiary/aromatic N) is 3. The number of aryl methyl sites for hydroxylation is 1. The van der Waals surface area contributed by atoms with Crippen LogP contribution < -0.4 is 25.7 Å². The van der Waals surface area contributed by atoms with E-state index in [9.17, 15) is 33.2 Å². The van der Waals surface area contributed by atoms with E-state index in [0.717, 1.165) is 10.4 Å². The Labute approximate surface area is 249 Å². The lowest BCUT2D eigenvalue weighted by atomic mass is 10.1. The Morgan fingerprint density at radius 1 is 1.23 bits per heavy atom. The van der Waals surface area contributed by atoms with Gasteiger partial charge in [0.05, 0.1) is 19.5 Å². The van der Waals surface area contributed by atoms with E-state index in [0.29, 0.717) is 0 Å². The van der Waals surface area contributed by atoms with E-state index in [2.05, 4.69) is 33.4 Å². The quantitative estimate of drug-likeness (QED) is 0.141. The lowest BCUT2D eigenvalue weighted by Gasteiger charge is -2.33. The molecular weight excluding hydrogens is 681 g/mol. The maximum atomic E-state index is 12.9. The number of rotatable bonds is 11. The van der Waals surface area contributed by atoms with Crippen molar-refractivity contribution in [2.75, 3.05) is 12.3 Å². The van der Waals surface area contributed by atoms with Gasteiger partial charge in [-0.3, -0.25) is 23.1 Å². The second kappa shape index (κ2) is 12.1.